The molecule has 1 aromatic carbocycles. The molecule has 9 heteroatoms. The van der Waals surface area contributed by atoms with Crippen molar-refractivity contribution in [2.24, 2.45) is 5.92 Å². The zero-order valence-electron chi connectivity index (χ0n) is 18.5. The van der Waals surface area contributed by atoms with Crippen molar-refractivity contribution in [1.82, 2.24) is 15.1 Å². The lowest BCUT2D eigenvalue weighted by Crippen LogP contribution is -2.46. The minimum atomic E-state index is -0.277. The van der Waals surface area contributed by atoms with Gasteiger partial charge in [0.15, 0.2) is 0 Å². The molecule has 2 N–H and O–H groups in total. The van der Waals surface area contributed by atoms with Gasteiger partial charge in [0.25, 0.3) is 0 Å². The second-order valence-electron chi connectivity index (χ2n) is 7.88. The molecule has 1 aliphatic rings. The van der Waals surface area contributed by atoms with Crippen LogP contribution in [0, 0.1) is 5.92 Å². The quantitative estimate of drug-likeness (QED) is 0.613. The van der Waals surface area contributed by atoms with Crippen LogP contribution in [0.4, 0.5) is 5.69 Å². The van der Waals surface area contributed by atoms with E-state index in [4.69, 9.17) is 9.15 Å². The van der Waals surface area contributed by atoms with Crippen molar-refractivity contribution in [3.8, 4) is 5.75 Å². The van der Waals surface area contributed by atoms with Crippen LogP contribution >= 0.6 is 0 Å². The number of ether oxygens (including phenoxy) is 1. The Kier molecular flexibility index (Phi) is 8.27. The Morgan fingerprint density at radius 3 is 2.66 bits per heavy atom. The number of carbonyl (C=O) groups excluding carboxylic acids is 3. The molecule has 1 saturated heterocycles. The highest BCUT2D eigenvalue weighted by Gasteiger charge is 2.26. The van der Waals surface area contributed by atoms with E-state index in [0.717, 1.165) is 5.76 Å². The fourth-order valence-corrected chi connectivity index (χ4v) is 3.60. The van der Waals surface area contributed by atoms with Crippen molar-refractivity contribution in [3.05, 3.63) is 48.4 Å². The molecule has 1 fully saturated rings. The lowest BCUT2D eigenvalue weighted by atomic mass is 9.96. The van der Waals surface area contributed by atoms with Gasteiger partial charge in [-0.05, 0) is 50.2 Å². The third-order valence-electron chi connectivity index (χ3n) is 5.49. The zero-order chi connectivity index (χ0) is 22.9. The average Bonchev–Trinajstić information content (AvgIpc) is 3.31. The van der Waals surface area contributed by atoms with Gasteiger partial charge in [0.05, 0.1) is 33.0 Å². The molecular formula is C23H30N4O5. The predicted molar refractivity (Wildman–Crippen MR) is 119 cm³/mol. The molecule has 0 radical (unpaired) electrons. The molecule has 3 rings (SSSR count). The van der Waals surface area contributed by atoms with Crippen molar-refractivity contribution in [2.45, 2.75) is 19.4 Å². The first kappa shape index (κ1) is 23.3. The molecule has 3 amide bonds. The van der Waals surface area contributed by atoms with Crippen LogP contribution < -0.4 is 15.4 Å². The molecule has 0 bridgehead atoms. The fourth-order valence-electron chi connectivity index (χ4n) is 3.60. The summed E-state index contributed by atoms with van der Waals surface area (Å²) < 4.78 is 10.4. The second-order valence-corrected chi connectivity index (χ2v) is 7.88. The molecule has 2 aromatic rings. The molecule has 1 aliphatic heterocycles. The Morgan fingerprint density at radius 2 is 1.97 bits per heavy atom. The molecule has 0 unspecified atom stereocenters. The number of rotatable bonds is 9. The number of nitrogens with zero attached hydrogens (tertiary/aromatic N) is 2. The van der Waals surface area contributed by atoms with E-state index in [1.807, 2.05) is 11.0 Å². The largest absolute Gasteiger partial charge is 0.497 e. The molecule has 9 nitrogen and oxygen atoms in total. The first-order chi connectivity index (χ1) is 15.4. The van der Waals surface area contributed by atoms with Crippen molar-refractivity contribution in [3.63, 3.8) is 0 Å². The number of likely N-dealkylation sites (N-methyl/N-ethyl adjacent to an activating group) is 1. The van der Waals surface area contributed by atoms with Crippen LogP contribution in [0.2, 0.25) is 0 Å². The van der Waals surface area contributed by atoms with Gasteiger partial charge < -0.3 is 24.7 Å². The van der Waals surface area contributed by atoms with E-state index >= 15 is 0 Å². The topological polar surface area (TPSA) is 104 Å². The Morgan fingerprint density at radius 1 is 1.19 bits per heavy atom. The number of anilines is 1. The minimum Gasteiger partial charge on any atom is -0.497 e. The van der Waals surface area contributed by atoms with E-state index in [-0.39, 0.29) is 36.7 Å². The predicted octanol–water partition coefficient (Wildman–Crippen LogP) is 1.71. The fraction of sp³-hybridized carbons (Fsp3) is 0.435. The summed E-state index contributed by atoms with van der Waals surface area (Å²) >= 11 is 0. The van der Waals surface area contributed by atoms with Crippen LogP contribution in [-0.2, 0) is 20.9 Å². The van der Waals surface area contributed by atoms with Crippen LogP contribution in [0.5, 0.6) is 5.75 Å². The second kappa shape index (κ2) is 11.3. The molecular weight excluding hydrogens is 412 g/mol. The highest BCUT2D eigenvalue weighted by Crippen LogP contribution is 2.18. The summed E-state index contributed by atoms with van der Waals surface area (Å²) in [4.78, 5) is 40.6. The summed E-state index contributed by atoms with van der Waals surface area (Å²) in [5.41, 5.74) is 0.614. The normalized spacial score (nSPS) is 14.6. The highest BCUT2D eigenvalue weighted by atomic mass is 16.5. The molecule has 0 spiro atoms. The molecule has 2 heterocycles. The molecule has 1 aromatic heterocycles. The number of carbonyl (C=O) groups is 3. The maximum atomic E-state index is 12.5. The molecule has 0 aliphatic carbocycles. The van der Waals surface area contributed by atoms with Gasteiger partial charge in [-0.3, -0.25) is 19.3 Å². The van der Waals surface area contributed by atoms with E-state index < -0.39 is 0 Å². The van der Waals surface area contributed by atoms with Crippen LogP contribution in [0.3, 0.4) is 0 Å². The number of furan rings is 1. The maximum Gasteiger partial charge on any atom is 0.243 e. The van der Waals surface area contributed by atoms with E-state index in [9.17, 15) is 14.4 Å². The summed E-state index contributed by atoms with van der Waals surface area (Å²) in [6.07, 6.45) is 2.96. The number of likely N-dealkylation sites (tertiary alicyclic amines) is 1. The maximum absolute atomic E-state index is 12.5. The van der Waals surface area contributed by atoms with E-state index in [1.165, 1.54) is 4.90 Å². The van der Waals surface area contributed by atoms with Crippen LogP contribution in [0.15, 0.2) is 47.1 Å². The molecule has 172 valence electrons. The monoisotopic (exact) mass is 442 g/mol. The van der Waals surface area contributed by atoms with Crippen molar-refractivity contribution < 1.29 is 23.5 Å². The van der Waals surface area contributed by atoms with Crippen molar-refractivity contribution in [2.75, 3.05) is 45.7 Å². The standard InChI is InChI=1S/C23H30N4O5/c1-26(15-21(28)25-18-5-3-6-19(13-18)31-2)22(29)16-27-10-8-17(9-11-27)23(30)24-14-20-7-4-12-32-20/h3-7,12-13,17H,8-11,14-16H2,1-2H3,(H,24,30)(H,25,28). The van der Waals surface area contributed by atoms with Gasteiger partial charge in [0.2, 0.25) is 17.7 Å². The summed E-state index contributed by atoms with van der Waals surface area (Å²) in [5.74, 6) is 0.902. The van der Waals surface area contributed by atoms with Crippen LogP contribution in [0.25, 0.3) is 0 Å². The molecule has 0 atom stereocenters. The van der Waals surface area contributed by atoms with Gasteiger partial charge in [-0.25, -0.2) is 0 Å². The Bertz CT molecular complexity index is 907. The summed E-state index contributed by atoms with van der Waals surface area (Å²) in [6.45, 7) is 1.89. The summed E-state index contributed by atoms with van der Waals surface area (Å²) in [5, 5.41) is 5.67. The Labute approximate surface area is 187 Å². The SMILES string of the molecule is COc1cccc(NC(=O)CN(C)C(=O)CN2CCC(C(=O)NCc3ccco3)CC2)c1. The number of benzene rings is 1. The van der Waals surface area contributed by atoms with Gasteiger partial charge in [-0.2, -0.15) is 0 Å². The number of methoxy groups -OCH3 is 1. The zero-order valence-corrected chi connectivity index (χ0v) is 18.5. The van der Waals surface area contributed by atoms with Gasteiger partial charge in [0.1, 0.15) is 11.5 Å². The Hall–Kier alpha value is -3.33. The number of hydrogen-bond acceptors (Lipinski definition) is 6. The number of piperidine rings is 1. The van der Waals surface area contributed by atoms with Gasteiger partial charge >= 0.3 is 0 Å². The highest BCUT2D eigenvalue weighted by molar-refractivity contribution is 5.94. The Balaban J connectivity index is 1.37. The van der Waals surface area contributed by atoms with E-state index in [0.29, 0.717) is 43.9 Å². The van der Waals surface area contributed by atoms with Crippen molar-refractivity contribution in [1.29, 1.82) is 0 Å². The number of amides is 3. The lowest BCUT2D eigenvalue weighted by molar-refractivity contribution is -0.135. The van der Waals surface area contributed by atoms with Crippen LogP contribution in [0.1, 0.15) is 18.6 Å². The molecule has 0 saturated carbocycles. The first-order valence-corrected chi connectivity index (χ1v) is 10.6. The van der Waals surface area contributed by atoms with Crippen LogP contribution in [-0.4, -0.2) is 67.9 Å². The smallest absolute Gasteiger partial charge is 0.243 e. The average molecular weight is 443 g/mol. The number of hydrogen-bond donors (Lipinski definition) is 2. The van der Waals surface area contributed by atoms with E-state index in [1.54, 1.807) is 50.8 Å². The third kappa shape index (κ3) is 6.84. The minimum absolute atomic E-state index is 0.0127. The molecule has 32 heavy (non-hydrogen) atoms. The van der Waals surface area contributed by atoms with Gasteiger partial charge in [0, 0.05) is 24.7 Å². The summed E-state index contributed by atoms with van der Waals surface area (Å²) in [6, 6.07) is 10.7. The van der Waals surface area contributed by atoms with Gasteiger partial charge in [-0.15, -0.1) is 0 Å². The number of nitrogens with one attached hydrogen (secondary N) is 2. The van der Waals surface area contributed by atoms with E-state index in [2.05, 4.69) is 10.6 Å². The first-order valence-electron chi connectivity index (χ1n) is 10.6. The summed E-state index contributed by atoms with van der Waals surface area (Å²) in [7, 11) is 3.17. The third-order valence-corrected chi connectivity index (χ3v) is 5.49. The van der Waals surface area contributed by atoms with Gasteiger partial charge in [-0.1, -0.05) is 6.07 Å². The lowest BCUT2D eigenvalue weighted by Gasteiger charge is -2.31. The van der Waals surface area contributed by atoms with Crippen molar-refractivity contribution >= 4 is 23.4 Å².